The average Bonchev–Trinajstić information content (AvgIpc) is 3.15. The summed E-state index contributed by atoms with van der Waals surface area (Å²) in [4.78, 5) is 14.6. The van der Waals surface area contributed by atoms with Gasteiger partial charge in [-0.3, -0.25) is 9.58 Å². The summed E-state index contributed by atoms with van der Waals surface area (Å²) in [5.41, 5.74) is 1.94. The molecule has 0 aliphatic rings. The van der Waals surface area contributed by atoms with E-state index >= 15 is 0 Å². The molecule has 0 aliphatic heterocycles. The number of hydrogen-bond donors (Lipinski definition) is 0. The van der Waals surface area contributed by atoms with Gasteiger partial charge in [-0.05, 0) is 43.9 Å². The quantitative estimate of drug-likeness (QED) is 0.541. The Labute approximate surface area is 182 Å². The standard InChI is InChI=1S/C24H26N4O3/c1-16(12-25)14-28(23(29)31-24(2,3)4)22-20-11-18(19-13-26-27(5)15-19)8-7-17(20)9-10-21(22)30-6/h7-11,13,15H,1,14H2,2-6H3. The zero-order valence-electron chi connectivity index (χ0n) is 18.5. The lowest BCUT2D eigenvalue weighted by atomic mass is 10.0. The summed E-state index contributed by atoms with van der Waals surface area (Å²) in [6, 6.07) is 11.7. The zero-order chi connectivity index (χ0) is 22.8. The number of aromatic nitrogens is 2. The number of nitrogens with zero attached hydrogens (tertiary/aromatic N) is 4. The van der Waals surface area contributed by atoms with Gasteiger partial charge in [0.2, 0.25) is 0 Å². The number of benzene rings is 2. The molecule has 0 atom stereocenters. The van der Waals surface area contributed by atoms with Gasteiger partial charge in [0.15, 0.2) is 0 Å². The van der Waals surface area contributed by atoms with Gasteiger partial charge in [0.1, 0.15) is 11.4 Å². The van der Waals surface area contributed by atoms with Gasteiger partial charge in [-0.25, -0.2) is 4.79 Å². The maximum absolute atomic E-state index is 13.2. The molecule has 1 heterocycles. The van der Waals surface area contributed by atoms with Crippen molar-refractivity contribution in [3.8, 4) is 22.9 Å². The molecule has 7 heteroatoms. The van der Waals surface area contributed by atoms with Crippen molar-refractivity contribution in [1.29, 1.82) is 5.26 Å². The number of nitriles is 1. The summed E-state index contributed by atoms with van der Waals surface area (Å²) in [7, 11) is 3.40. The summed E-state index contributed by atoms with van der Waals surface area (Å²) >= 11 is 0. The van der Waals surface area contributed by atoms with Crippen molar-refractivity contribution in [2.75, 3.05) is 18.6 Å². The van der Waals surface area contributed by atoms with E-state index in [2.05, 4.69) is 11.7 Å². The Morgan fingerprint density at radius 1 is 1.26 bits per heavy atom. The van der Waals surface area contributed by atoms with Crippen molar-refractivity contribution < 1.29 is 14.3 Å². The van der Waals surface area contributed by atoms with Gasteiger partial charge in [-0.2, -0.15) is 10.4 Å². The minimum atomic E-state index is -0.706. The van der Waals surface area contributed by atoms with Gasteiger partial charge >= 0.3 is 6.09 Å². The van der Waals surface area contributed by atoms with Gasteiger partial charge < -0.3 is 9.47 Å². The van der Waals surface area contributed by atoms with Crippen LogP contribution in [0, 0.1) is 11.3 Å². The fourth-order valence-electron chi connectivity index (χ4n) is 3.25. The predicted molar refractivity (Wildman–Crippen MR) is 121 cm³/mol. The van der Waals surface area contributed by atoms with Gasteiger partial charge in [0.25, 0.3) is 0 Å². The van der Waals surface area contributed by atoms with Crippen LogP contribution >= 0.6 is 0 Å². The monoisotopic (exact) mass is 418 g/mol. The van der Waals surface area contributed by atoms with Crippen LogP contribution in [0.4, 0.5) is 10.5 Å². The number of rotatable bonds is 5. The zero-order valence-corrected chi connectivity index (χ0v) is 18.5. The molecule has 3 rings (SSSR count). The normalized spacial score (nSPS) is 11.1. The van der Waals surface area contributed by atoms with E-state index in [1.54, 1.807) is 44.8 Å². The molecule has 160 valence electrons. The predicted octanol–water partition coefficient (Wildman–Crippen LogP) is 5.07. The van der Waals surface area contributed by atoms with Crippen LogP contribution in [-0.2, 0) is 11.8 Å². The van der Waals surface area contributed by atoms with Crippen LogP contribution < -0.4 is 9.64 Å². The molecule has 0 saturated heterocycles. The Morgan fingerprint density at radius 3 is 2.55 bits per heavy atom. The number of fused-ring (bicyclic) bond motifs is 1. The number of aryl methyl sites for hydroxylation is 1. The van der Waals surface area contributed by atoms with Crippen molar-refractivity contribution in [3.05, 3.63) is 54.9 Å². The van der Waals surface area contributed by atoms with Crippen LogP contribution in [0.2, 0.25) is 0 Å². The molecule has 0 radical (unpaired) electrons. The van der Waals surface area contributed by atoms with Gasteiger partial charge in [0.05, 0.1) is 31.6 Å². The van der Waals surface area contributed by atoms with Crippen LogP contribution in [0.25, 0.3) is 21.9 Å². The minimum absolute atomic E-state index is 0.0159. The van der Waals surface area contributed by atoms with Crippen molar-refractivity contribution >= 4 is 22.6 Å². The van der Waals surface area contributed by atoms with E-state index in [1.165, 1.54) is 4.90 Å². The molecule has 0 bridgehead atoms. The first-order valence-corrected chi connectivity index (χ1v) is 9.81. The molecule has 2 aromatic carbocycles. The molecule has 0 saturated carbocycles. The molecular weight excluding hydrogens is 392 g/mol. The first kappa shape index (κ1) is 21.9. The molecule has 7 nitrogen and oxygen atoms in total. The van der Waals surface area contributed by atoms with Crippen molar-refractivity contribution in [3.63, 3.8) is 0 Å². The second kappa shape index (κ2) is 8.52. The summed E-state index contributed by atoms with van der Waals surface area (Å²) in [6.45, 7) is 9.13. The molecule has 0 spiro atoms. The fraction of sp³-hybridized carbons (Fsp3) is 0.292. The van der Waals surface area contributed by atoms with E-state index in [-0.39, 0.29) is 12.1 Å². The lowest BCUT2D eigenvalue weighted by Crippen LogP contribution is -2.38. The summed E-state index contributed by atoms with van der Waals surface area (Å²) < 4.78 is 13.0. The third kappa shape index (κ3) is 4.86. The fourth-order valence-corrected chi connectivity index (χ4v) is 3.25. The summed E-state index contributed by atoms with van der Waals surface area (Å²) in [5, 5.41) is 15.3. The molecule has 0 N–H and O–H groups in total. The maximum atomic E-state index is 13.2. The Hall–Kier alpha value is -3.79. The Kier molecular flexibility index (Phi) is 6.02. The Balaban J connectivity index is 2.24. The smallest absolute Gasteiger partial charge is 0.415 e. The van der Waals surface area contributed by atoms with Crippen molar-refractivity contribution in [1.82, 2.24) is 9.78 Å². The van der Waals surface area contributed by atoms with Crippen LogP contribution in [0.5, 0.6) is 5.75 Å². The molecule has 0 fully saturated rings. The largest absolute Gasteiger partial charge is 0.495 e. The van der Waals surface area contributed by atoms with E-state index < -0.39 is 11.7 Å². The highest BCUT2D eigenvalue weighted by atomic mass is 16.6. The molecule has 0 unspecified atom stereocenters. The number of carbonyl (C=O) groups is 1. The maximum Gasteiger partial charge on any atom is 0.415 e. The van der Waals surface area contributed by atoms with E-state index in [0.717, 1.165) is 21.9 Å². The topological polar surface area (TPSA) is 80.4 Å². The summed E-state index contributed by atoms with van der Waals surface area (Å²) in [5.74, 6) is 0.493. The number of carbonyl (C=O) groups excluding carboxylic acids is 1. The second-order valence-corrected chi connectivity index (χ2v) is 8.24. The number of hydrogen-bond acceptors (Lipinski definition) is 5. The molecule has 0 aliphatic carbocycles. The van der Waals surface area contributed by atoms with Gasteiger partial charge in [0, 0.05) is 29.8 Å². The van der Waals surface area contributed by atoms with Crippen molar-refractivity contribution in [2.24, 2.45) is 7.05 Å². The molecular formula is C24H26N4O3. The average molecular weight is 418 g/mol. The van der Waals surface area contributed by atoms with Crippen LogP contribution in [-0.4, -0.2) is 35.1 Å². The first-order chi connectivity index (χ1) is 14.6. The Morgan fingerprint density at radius 2 is 1.97 bits per heavy atom. The first-order valence-electron chi connectivity index (χ1n) is 9.81. The van der Waals surface area contributed by atoms with Gasteiger partial charge in [-0.1, -0.05) is 24.8 Å². The number of anilines is 1. The van der Waals surface area contributed by atoms with Crippen LogP contribution in [0.3, 0.4) is 0 Å². The molecule has 31 heavy (non-hydrogen) atoms. The third-order valence-electron chi connectivity index (χ3n) is 4.61. The number of amides is 1. The Bertz CT molecular complexity index is 1180. The second-order valence-electron chi connectivity index (χ2n) is 8.24. The third-order valence-corrected chi connectivity index (χ3v) is 4.61. The molecule has 1 aromatic heterocycles. The van der Waals surface area contributed by atoms with E-state index in [4.69, 9.17) is 9.47 Å². The van der Waals surface area contributed by atoms with E-state index in [0.29, 0.717) is 11.4 Å². The van der Waals surface area contributed by atoms with E-state index in [9.17, 15) is 10.1 Å². The number of ether oxygens (including phenoxy) is 2. The number of methoxy groups -OCH3 is 1. The highest BCUT2D eigenvalue weighted by Gasteiger charge is 2.28. The molecule has 3 aromatic rings. The van der Waals surface area contributed by atoms with Crippen LogP contribution in [0.1, 0.15) is 20.8 Å². The summed E-state index contributed by atoms with van der Waals surface area (Å²) in [6.07, 6.45) is 3.12. The highest BCUT2D eigenvalue weighted by Crippen LogP contribution is 2.39. The van der Waals surface area contributed by atoms with Crippen molar-refractivity contribution in [2.45, 2.75) is 26.4 Å². The van der Waals surface area contributed by atoms with E-state index in [1.807, 2.05) is 43.6 Å². The lowest BCUT2D eigenvalue weighted by molar-refractivity contribution is 0.0583. The molecule has 1 amide bonds. The highest BCUT2D eigenvalue weighted by molar-refractivity contribution is 6.06. The minimum Gasteiger partial charge on any atom is -0.495 e. The SMILES string of the molecule is C=C(C#N)CN(C(=O)OC(C)(C)C)c1c(OC)ccc2ccc(-c3cnn(C)c3)cc12. The van der Waals surface area contributed by atoms with Gasteiger partial charge in [-0.15, -0.1) is 0 Å². The lowest BCUT2D eigenvalue weighted by Gasteiger charge is -2.29. The van der Waals surface area contributed by atoms with Crippen LogP contribution in [0.15, 0.2) is 54.9 Å².